The summed E-state index contributed by atoms with van der Waals surface area (Å²) in [5.41, 5.74) is 0.353. The zero-order chi connectivity index (χ0) is 16.3. The summed E-state index contributed by atoms with van der Waals surface area (Å²) in [4.78, 5) is 12.3. The van der Waals surface area contributed by atoms with E-state index in [0.29, 0.717) is 0 Å². The Morgan fingerprint density at radius 3 is 2.23 bits per heavy atom. The second-order valence-electron chi connectivity index (χ2n) is 6.28. The molecule has 2 aromatic rings. The quantitative estimate of drug-likeness (QED) is 0.890. The van der Waals surface area contributed by atoms with Gasteiger partial charge < -0.3 is 5.32 Å². The topological polar surface area (TPSA) is 29.1 Å². The molecule has 116 valence electrons. The third-order valence-corrected chi connectivity index (χ3v) is 3.47. The van der Waals surface area contributed by atoms with E-state index in [9.17, 15) is 13.6 Å². The van der Waals surface area contributed by atoms with E-state index >= 15 is 0 Å². The fourth-order valence-electron chi connectivity index (χ4n) is 2.33. The molecule has 22 heavy (non-hydrogen) atoms. The third-order valence-electron chi connectivity index (χ3n) is 3.47. The Morgan fingerprint density at radius 2 is 1.64 bits per heavy atom. The molecule has 1 atom stereocenters. The number of benzene rings is 2. The standard InChI is InChI=1S/C18H19F2NO/c1-18(2,3)16(12-8-5-4-6-9-12)21-17(22)13-10-7-11-14(19)15(13)20/h4-11,16H,1-3H3,(H,21,22). The van der Waals surface area contributed by atoms with Gasteiger partial charge in [-0.3, -0.25) is 4.79 Å². The third kappa shape index (κ3) is 3.50. The van der Waals surface area contributed by atoms with Gasteiger partial charge in [0.05, 0.1) is 11.6 Å². The van der Waals surface area contributed by atoms with Gasteiger partial charge in [-0.05, 0) is 23.1 Å². The molecule has 0 aliphatic carbocycles. The summed E-state index contributed by atoms with van der Waals surface area (Å²) in [6, 6.07) is 12.7. The van der Waals surface area contributed by atoms with Crippen molar-refractivity contribution in [2.24, 2.45) is 5.41 Å². The van der Waals surface area contributed by atoms with Crippen LogP contribution in [0, 0.1) is 17.0 Å². The average molecular weight is 303 g/mol. The lowest BCUT2D eigenvalue weighted by Gasteiger charge is -2.32. The molecule has 0 saturated heterocycles. The van der Waals surface area contributed by atoms with Gasteiger partial charge in [0.2, 0.25) is 0 Å². The maximum Gasteiger partial charge on any atom is 0.254 e. The second kappa shape index (κ2) is 6.26. The highest BCUT2D eigenvalue weighted by atomic mass is 19.2. The minimum Gasteiger partial charge on any atom is -0.345 e. The number of amides is 1. The SMILES string of the molecule is CC(C)(C)C(NC(=O)c1cccc(F)c1F)c1ccccc1. The van der Waals surface area contributed by atoms with E-state index in [2.05, 4.69) is 5.32 Å². The maximum atomic E-state index is 13.8. The Hall–Kier alpha value is -2.23. The number of hydrogen-bond donors (Lipinski definition) is 1. The summed E-state index contributed by atoms with van der Waals surface area (Å²) >= 11 is 0. The van der Waals surface area contributed by atoms with Gasteiger partial charge in [0.15, 0.2) is 11.6 Å². The highest BCUT2D eigenvalue weighted by Crippen LogP contribution is 2.33. The van der Waals surface area contributed by atoms with Crippen molar-refractivity contribution < 1.29 is 13.6 Å². The van der Waals surface area contributed by atoms with E-state index in [0.717, 1.165) is 11.6 Å². The number of rotatable bonds is 3. The molecule has 2 rings (SSSR count). The molecule has 0 aromatic heterocycles. The molecule has 0 saturated carbocycles. The number of halogens is 2. The van der Waals surface area contributed by atoms with E-state index in [1.807, 2.05) is 51.1 Å². The Bertz CT molecular complexity index is 663. The van der Waals surface area contributed by atoms with Crippen molar-refractivity contribution in [3.8, 4) is 0 Å². The van der Waals surface area contributed by atoms with Gasteiger partial charge >= 0.3 is 0 Å². The molecule has 1 N–H and O–H groups in total. The van der Waals surface area contributed by atoms with Crippen molar-refractivity contribution in [1.82, 2.24) is 5.32 Å². The monoisotopic (exact) mass is 303 g/mol. The van der Waals surface area contributed by atoms with Gasteiger partial charge in [0.1, 0.15) is 0 Å². The molecule has 0 fully saturated rings. The predicted molar refractivity (Wildman–Crippen MR) is 82.5 cm³/mol. The molecule has 0 heterocycles. The molecule has 4 heteroatoms. The van der Waals surface area contributed by atoms with Crippen LogP contribution in [0.4, 0.5) is 8.78 Å². The van der Waals surface area contributed by atoms with Gasteiger partial charge in [-0.15, -0.1) is 0 Å². The Morgan fingerprint density at radius 1 is 1.00 bits per heavy atom. The summed E-state index contributed by atoms with van der Waals surface area (Å²) < 4.78 is 27.0. The summed E-state index contributed by atoms with van der Waals surface area (Å²) in [5.74, 6) is -2.78. The second-order valence-corrected chi connectivity index (χ2v) is 6.28. The van der Waals surface area contributed by atoms with E-state index in [-0.39, 0.29) is 17.0 Å². The molecular weight excluding hydrogens is 284 g/mol. The molecule has 0 aliphatic rings. The maximum absolute atomic E-state index is 13.8. The van der Waals surface area contributed by atoms with E-state index in [1.165, 1.54) is 12.1 Å². The van der Waals surface area contributed by atoms with E-state index < -0.39 is 17.5 Å². The fraction of sp³-hybridized carbons (Fsp3) is 0.278. The lowest BCUT2D eigenvalue weighted by atomic mass is 9.82. The summed E-state index contributed by atoms with van der Waals surface area (Å²) in [6.07, 6.45) is 0. The number of nitrogens with one attached hydrogen (secondary N) is 1. The number of carbonyl (C=O) groups is 1. The van der Waals surface area contributed by atoms with Crippen LogP contribution >= 0.6 is 0 Å². The molecule has 1 amide bonds. The predicted octanol–water partition coefficient (Wildman–Crippen LogP) is 4.48. The first kappa shape index (κ1) is 16.1. The average Bonchev–Trinajstić information content (AvgIpc) is 2.47. The van der Waals surface area contributed by atoms with Gasteiger partial charge in [-0.25, -0.2) is 8.78 Å². The first-order valence-corrected chi connectivity index (χ1v) is 7.10. The van der Waals surface area contributed by atoms with Gasteiger partial charge in [-0.1, -0.05) is 57.2 Å². The van der Waals surface area contributed by atoms with Crippen molar-refractivity contribution in [2.75, 3.05) is 0 Å². The molecule has 2 aromatic carbocycles. The van der Waals surface area contributed by atoms with Crippen molar-refractivity contribution in [1.29, 1.82) is 0 Å². The first-order chi connectivity index (χ1) is 10.3. The van der Waals surface area contributed by atoms with Crippen LogP contribution in [0.3, 0.4) is 0 Å². The zero-order valence-electron chi connectivity index (χ0n) is 12.9. The molecule has 2 nitrogen and oxygen atoms in total. The molecule has 1 unspecified atom stereocenters. The van der Waals surface area contributed by atoms with Crippen molar-refractivity contribution in [3.63, 3.8) is 0 Å². The van der Waals surface area contributed by atoms with Crippen LogP contribution in [-0.4, -0.2) is 5.91 Å². The smallest absolute Gasteiger partial charge is 0.254 e. The molecule has 0 radical (unpaired) electrons. The Labute approximate surface area is 129 Å². The van der Waals surface area contributed by atoms with Crippen LogP contribution in [0.25, 0.3) is 0 Å². The van der Waals surface area contributed by atoms with Crippen LogP contribution in [-0.2, 0) is 0 Å². The minimum absolute atomic E-state index is 0.277. The van der Waals surface area contributed by atoms with Gasteiger partial charge in [0, 0.05) is 0 Å². The fourth-order valence-corrected chi connectivity index (χ4v) is 2.33. The van der Waals surface area contributed by atoms with Crippen LogP contribution in [0.15, 0.2) is 48.5 Å². The largest absolute Gasteiger partial charge is 0.345 e. The van der Waals surface area contributed by atoms with Crippen molar-refractivity contribution >= 4 is 5.91 Å². The van der Waals surface area contributed by atoms with Crippen molar-refractivity contribution in [3.05, 3.63) is 71.3 Å². The zero-order valence-corrected chi connectivity index (χ0v) is 12.9. The highest BCUT2D eigenvalue weighted by Gasteiger charge is 2.29. The summed E-state index contributed by atoms with van der Waals surface area (Å²) in [7, 11) is 0. The lowest BCUT2D eigenvalue weighted by molar-refractivity contribution is 0.0896. The number of carbonyl (C=O) groups excluding carboxylic acids is 1. The van der Waals surface area contributed by atoms with E-state index in [1.54, 1.807) is 0 Å². The Kier molecular flexibility index (Phi) is 4.59. The lowest BCUT2D eigenvalue weighted by Crippen LogP contribution is -2.37. The Balaban J connectivity index is 2.32. The van der Waals surface area contributed by atoms with E-state index in [4.69, 9.17) is 0 Å². The summed E-state index contributed by atoms with van der Waals surface area (Å²) in [5, 5.41) is 2.81. The van der Waals surface area contributed by atoms with Gasteiger partial charge in [-0.2, -0.15) is 0 Å². The van der Waals surface area contributed by atoms with Crippen LogP contribution in [0.1, 0.15) is 42.7 Å². The molecule has 0 aliphatic heterocycles. The molecule has 0 spiro atoms. The first-order valence-electron chi connectivity index (χ1n) is 7.10. The normalized spacial score (nSPS) is 12.8. The van der Waals surface area contributed by atoms with Gasteiger partial charge in [0.25, 0.3) is 5.91 Å². The van der Waals surface area contributed by atoms with Crippen LogP contribution in [0.2, 0.25) is 0 Å². The highest BCUT2D eigenvalue weighted by molar-refractivity contribution is 5.94. The molecular formula is C18H19F2NO. The van der Waals surface area contributed by atoms with Crippen molar-refractivity contribution in [2.45, 2.75) is 26.8 Å². The number of hydrogen-bond acceptors (Lipinski definition) is 1. The minimum atomic E-state index is -1.12. The summed E-state index contributed by atoms with van der Waals surface area (Å²) in [6.45, 7) is 5.94. The van der Waals surface area contributed by atoms with Crippen LogP contribution < -0.4 is 5.32 Å². The van der Waals surface area contributed by atoms with Crippen LogP contribution in [0.5, 0.6) is 0 Å². The molecule has 0 bridgehead atoms.